The summed E-state index contributed by atoms with van der Waals surface area (Å²) in [5.74, 6) is -1.72. The van der Waals surface area contributed by atoms with Crippen LogP contribution < -0.4 is 5.32 Å². The van der Waals surface area contributed by atoms with E-state index in [2.05, 4.69) is 5.32 Å². The van der Waals surface area contributed by atoms with Crippen molar-refractivity contribution in [2.24, 2.45) is 5.92 Å². The van der Waals surface area contributed by atoms with Gasteiger partial charge in [-0.15, -0.1) is 11.3 Å². The smallest absolute Gasteiger partial charge is 0.306 e. The lowest BCUT2D eigenvalue weighted by Gasteiger charge is -2.08. The van der Waals surface area contributed by atoms with Crippen molar-refractivity contribution >= 4 is 38.7 Å². The van der Waals surface area contributed by atoms with Crippen LogP contribution in [0.25, 0.3) is 0 Å². The maximum atomic E-state index is 12.1. The molecule has 1 amide bonds. The SMILES string of the molecule is CC(Cc1ccc(NC(=O)c2cc(S(C)(=O)=O)cs2)cc1)C(=O)O. The Labute approximate surface area is 144 Å². The molecule has 1 atom stereocenters. The lowest BCUT2D eigenvalue weighted by molar-refractivity contribution is -0.141. The van der Waals surface area contributed by atoms with Crippen LogP contribution in [0.3, 0.4) is 0 Å². The molecule has 6 nitrogen and oxygen atoms in total. The summed E-state index contributed by atoms with van der Waals surface area (Å²) in [6.07, 6.45) is 1.50. The Bertz CT molecular complexity index is 853. The number of hydrogen-bond donors (Lipinski definition) is 2. The topological polar surface area (TPSA) is 101 Å². The fourth-order valence-corrected chi connectivity index (χ4v) is 3.90. The van der Waals surface area contributed by atoms with Gasteiger partial charge in [-0.1, -0.05) is 19.1 Å². The first-order chi connectivity index (χ1) is 11.2. The number of carboxylic acids is 1. The minimum atomic E-state index is -3.33. The number of carbonyl (C=O) groups excluding carboxylic acids is 1. The molecular weight excluding hydrogens is 350 g/mol. The number of carbonyl (C=O) groups is 2. The zero-order valence-electron chi connectivity index (χ0n) is 13.1. The highest BCUT2D eigenvalue weighted by Crippen LogP contribution is 2.21. The van der Waals surface area contributed by atoms with E-state index in [9.17, 15) is 18.0 Å². The molecule has 0 aliphatic rings. The molecule has 1 aromatic heterocycles. The first-order valence-corrected chi connectivity index (χ1v) is 9.85. The summed E-state index contributed by atoms with van der Waals surface area (Å²) < 4.78 is 22.9. The van der Waals surface area contributed by atoms with Crippen molar-refractivity contribution in [2.75, 3.05) is 11.6 Å². The number of carboxylic acid groups (broad SMARTS) is 1. The van der Waals surface area contributed by atoms with Gasteiger partial charge in [-0.25, -0.2) is 8.42 Å². The van der Waals surface area contributed by atoms with Crippen molar-refractivity contribution < 1.29 is 23.1 Å². The number of amides is 1. The van der Waals surface area contributed by atoms with Gasteiger partial charge in [0.15, 0.2) is 9.84 Å². The monoisotopic (exact) mass is 367 g/mol. The summed E-state index contributed by atoms with van der Waals surface area (Å²) in [5, 5.41) is 13.0. The number of thiophene rings is 1. The molecule has 1 aromatic carbocycles. The molecular formula is C16H17NO5S2. The third-order valence-corrected chi connectivity index (χ3v) is 5.57. The van der Waals surface area contributed by atoms with E-state index in [-0.39, 0.29) is 10.8 Å². The molecule has 0 aliphatic heterocycles. The van der Waals surface area contributed by atoms with Gasteiger partial charge in [0, 0.05) is 17.3 Å². The molecule has 0 fully saturated rings. The molecule has 24 heavy (non-hydrogen) atoms. The van der Waals surface area contributed by atoms with Crippen molar-refractivity contribution in [3.05, 3.63) is 46.2 Å². The largest absolute Gasteiger partial charge is 0.481 e. The second-order valence-electron chi connectivity index (χ2n) is 5.51. The first-order valence-electron chi connectivity index (χ1n) is 7.08. The minimum Gasteiger partial charge on any atom is -0.481 e. The molecule has 0 radical (unpaired) electrons. The molecule has 2 aromatic rings. The quantitative estimate of drug-likeness (QED) is 0.817. The Balaban J connectivity index is 2.04. The predicted molar refractivity (Wildman–Crippen MR) is 92.3 cm³/mol. The van der Waals surface area contributed by atoms with E-state index in [0.717, 1.165) is 23.2 Å². The summed E-state index contributed by atoms with van der Waals surface area (Å²) >= 11 is 1.06. The van der Waals surface area contributed by atoms with Crippen molar-refractivity contribution in [2.45, 2.75) is 18.2 Å². The van der Waals surface area contributed by atoms with E-state index in [0.29, 0.717) is 17.0 Å². The standard InChI is InChI=1S/C16H17NO5S2/c1-10(16(19)20)7-11-3-5-12(6-4-11)17-15(18)14-8-13(9-23-14)24(2,21)22/h3-6,8-10H,7H2,1-2H3,(H,17,18)(H,19,20). The minimum absolute atomic E-state index is 0.121. The summed E-state index contributed by atoms with van der Waals surface area (Å²) in [6.45, 7) is 1.63. The number of hydrogen-bond acceptors (Lipinski definition) is 5. The van der Waals surface area contributed by atoms with Gasteiger partial charge in [0.25, 0.3) is 5.91 Å². The molecule has 1 heterocycles. The number of anilines is 1. The van der Waals surface area contributed by atoms with Gasteiger partial charge in [0.05, 0.1) is 15.7 Å². The fourth-order valence-electron chi connectivity index (χ4n) is 1.99. The number of aliphatic carboxylic acids is 1. The number of rotatable bonds is 6. The Morgan fingerprint density at radius 2 is 1.88 bits per heavy atom. The molecule has 1 unspecified atom stereocenters. The van der Waals surface area contributed by atoms with E-state index in [1.165, 1.54) is 11.4 Å². The van der Waals surface area contributed by atoms with Gasteiger partial charge >= 0.3 is 5.97 Å². The Kier molecular flexibility index (Phi) is 5.40. The summed E-state index contributed by atoms with van der Waals surface area (Å²) in [6, 6.07) is 8.23. The van der Waals surface area contributed by atoms with Crippen LogP contribution >= 0.6 is 11.3 Å². The first kappa shape index (κ1) is 18.2. The van der Waals surface area contributed by atoms with Gasteiger partial charge in [-0.3, -0.25) is 9.59 Å². The molecule has 0 aliphatic carbocycles. The van der Waals surface area contributed by atoms with Crippen LogP contribution in [0.15, 0.2) is 40.6 Å². The Morgan fingerprint density at radius 3 is 2.38 bits per heavy atom. The number of benzene rings is 1. The van der Waals surface area contributed by atoms with Crippen LogP contribution in [0.1, 0.15) is 22.2 Å². The highest BCUT2D eigenvalue weighted by molar-refractivity contribution is 7.90. The predicted octanol–water partition coefficient (Wildman–Crippen LogP) is 2.67. The highest BCUT2D eigenvalue weighted by atomic mass is 32.2. The van der Waals surface area contributed by atoms with Crippen molar-refractivity contribution in [3.63, 3.8) is 0 Å². The van der Waals surface area contributed by atoms with Crippen LogP contribution in [-0.4, -0.2) is 31.7 Å². The van der Waals surface area contributed by atoms with Gasteiger partial charge in [-0.2, -0.15) is 0 Å². The van der Waals surface area contributed by atoms with Gasteiger partial charge in [0.2, 0.25) is 0 Å². The molecule has 128 valence electrons. The molecule has 0 saturated heterocycles. The summed E-state index contributed by atoms with van der Waals surface area (Å²) in [4.78, 5) is 23.4. The maximum absolute atomic E-state index is 12.1. The molecule has 0 saturated carbocycles. The highest BCUT2D eigenvalue weighted by Gasteiger charge is 2.15. The van der Waals surface area contributed by atoms with Crippen LogP contribution in [0, 0.1) is 5.92 Å². The van der Waals surface area contributed by atoms with Gasteiger partial charge < -0.3 is 10.4 Å². The Hall–Kier alpha value is -2.19. The van der Waals surface area contributed by atoms with Crippen LogP contribution in [0.2, 0.25) is 0 Å². The van der Waals surface area contributed by atoms with Crippen LogP contribution in [0.4, 0.5) is 5.69 Å². The molecule has 2 N–H and O–H groups in total. The number of nitrogens with one attached hydrogen (secondary N) is 1. The lowest BCUT2D eigenvalue weighted by Crippen LogP contribution is -2.12. The van der Waals surface area contributed by atoms with Crippen LogP contribution in [-0.2, 0) is 21.1 Å². The molecule has 0 bridgehead atoms. The molecule has 8 heteroatoms. The second-order valence-corrected chi connectivity index (χ2v) is 8.44. The fraction of sp³-hybridized carbons (Fsp3) is 0.250. The van der Waals surface area contributed by atoms with E-state index in [4.69, 9.17) is 5.11 Å². The average molecular weight is 367 g/mol. The van der Waals surface area contributed by atoms with Crippen molar-refractivity contribution in [1.29, 1.82) is 0 Å². The van der Waals surface area contributed by atoms with E-state index in [1.54, 1.807) is 31.2 Å². The normalized spacial score (nSPS) is 12.6. The van der Waals surface area contributed by atoms with Crippen molar-refractivity contribution in [3.8, 4) is 0 Å². The van der Waals surface area contributed by atoms with E-state index < -0.39 is 21.7 Å². The number of sulfone groups is 1. The molecule has 0 spiro atoms. The third-order valence-electron chi connectivity index (χ3n) is 3.40. The Morgan fingerprint density at radius 1 is 1.25 bits per heavy atom. The van der Waals surface area contributed by atoms with Crippen molar-refractivity contribution in [1.82, 2.24) is 0 Å². The van der Waals surface area contributed by atoms with E-state index in [1.807, 2.05) is 0 Å². The molecule has 2 rings (SSSR count). The van der Waals surface area contributed by atoms with E-state index >= 15 is 0 Å². The van der Waals surface area contributed by atoms with Gasteiger partial charge in [0.1, 0.15) is 0 Å². The summed E-state index contributed by atoms with van der Waals surface area (Å²) in [7, 11) is -3.33. The zero-order valence-corrected chi connectivity index (χ0v) is 14.8. The third kappa shape index (κ3) is 4.65. The maximum Gasteiger partial charge on any atom is 0.306 e. The average Bonchev–Trinajstić information content (AvgIpc) is 2.99. The lowest BCUT2D eigenvalue weighted by atomic mass is 10.0. The van der Waals surface area contributed by atoms with Crippen LogP contribution in [0.5, 0.6) is 0 Å². The second kappa shape index (κ2) is 7.14. The van der Waals surface area contributed by atoms with Gasteiger partial charge in [-0.05, 0) is 30.2 Å². The zero-order chi connectivity index (χ0) is 17.9. The summed E-state index contributed by atoms with van der Waals surface area (Å²) in [5.41, 5.74) is 1.42.